The van der Waals surface area contributed by atoms with Crippen LogP contribution in [0.4, 0.5) is 11.4 Å². The van der Waals surface area contributed by atoms with Crippen molar-refractivity contribution in [1.82, 2.24) is 0 Å². The number of hydrogen-bond donors (Lipinski definition) is 1. The fourth-order valence-corrected chi connectivity index (χ4v) is 3.71. The molecular formula is C24H26N2O3. The van der Waals surface area contributed by atoms with E-state index in [0.29, 0.717) is 11.9 Å². The molecule has 0 unspecified atom stereocenters. The molecule has 29 heavy (non-hydrogen) atoms. The zero-order chi connectivity index (χ0) is 20.1. The second-order valence-electron chi connectivity index (χ2n) is 7.31. The van der Waals surface area contributed by atoms with Crippen LogP contribution in [-0.2, 0) is 9.53 Å². The van der Waals surface area contributed by atoms with E-state index in [-0.39, 0.29) is 12.5 Å². The first-order valence-corrected chi connectivity index (χ1v) is 10.0. The minimum Gasteiger partial charge on any atom is -0.484 e. The van der Waals surface area contributed by atoms with Crippen molar-refractivity contribution >= 4 is 28.1 Å². The predicted octanol–water partition coefficient (Wildman–Crippen LogP) is 4.47. The molecule has 150 valence electrons. The molecule has 5 heteroatoms. The highest BCUT2D eigenvalue weighted by molar-refractivity contribution is 5.92. The smallest absolute Gasteiger partial charge is 0.262 e. The molecule has 1 saturated heterocycles. The summed E-state index contributed by atoms with van der Waals surface area (Å²) in [5.74, 6) is 0.514. The molecule has 0 spiro atoms. The number of fused-ring (bicyclic) bond motifs is 1. The first-order chi connectivity index (χ1) is 14.2. The van der Waals surface area contributed by atoms with Gasteiger partial charge in [0, 0.05) is 31.6 Å². The molecule has 0 aromatic heterocycles. The highest BCUT2D eigenvalue weighted by atomic mass is 16.5. The van der Waals surface area contributed by atoms with Crippen molar-refractivity contribution < 1.29 is 14.3 Å². The van der Waals surface area contributed by atoms with Gasteiger partial charge in [0.05, 0.1) is 6.10 Å². The monoisotopic (exact) mass is 390 g/mol. The minimum absolute atomic E-state index is 0.0232. The van der Waals surface area contributed by atoms with E-state index in [2.05, 4.69) is 16.3 Å². The predicted molar refractivity (Wildman–Crippen MR) is 117 cm³/mol. The summed E-state index contributed by atoms with van der Waals surface area (Å²) in [5, 5.41) is 5.14. The van der Waals surface area contributed by atoms with Gasteiger partial charge in [-0.3, -0.25) is 4.79 Å². The Kier molecular flexibility index (Phi) is 5.96. The minimum atomic E-state index is -0.174. The number of methoxy groups -OCH3 is 1. The lowest BCUT2D eigenvalue weighted by Gasteiger charge is -2.33. The molecule has 0 atom stereocenters. The number of piperidine rings is 1. The Balaban J connectivity index is 1.29. The van der Waals surface area contributed by atoms with Gasteiger partial charge in [0.2, 0.25) is 0 Å². The third kappa shape index (κ3) is 4.87. The lowest BCUT2D eigenvalue weighted by Crippen LogP contribution is -2.36. The summed E-state index contributed by atoms with van der Waals surface area (Å²) in [5.41, 5.74) is 1.94. The number of rotatable bonds is 6. The molecule has 0 saturated carbocycles. The van der Waals surface area contributed by atoms with Crippen LogP contribution >= 0.6 is 0 Å². The summed E-state index contributed by atoms with van der Waals surface area (Å²) in [7, 11) is 1.78. The normalized spacial score (nSPS) is 14.7. The van der Waals surface area contributed by atoms with Gasteiger partial charge in [-0.05, 0) is 60.0 Å². The number of ether oxygens (including phenoxy) is 2. The molecular weight excluding hydrogens is 364 g/mol. The molecule has 5 nitrogen and oxygen atoms in total. The third-order valence-corrected chi connectivity index (χ3v) is 5.38. The molecule has 3 aromatic rings. The van der Waals surface area contributed by atoms with Gasteiger partial charge in [0.15, 0.2) is 6.61 Å². The van der Waals surface area contributed by atoms with Crippen molar-refractivity contribution in [2.75, 3.05) is 37.0 Å². The standard InChI is InChI=1S/C24H26N2O3/c1-28-22-12-14-26(15-13-22)21-9-7-20(8-10-21)25-24(27)17-29-23-11-6-18-4-2-3-5-19(18)16-23/h2-11,16,22H,12-15,17H2,1H3,(H,25,27). The number of carbonyl (C=O) groups excluding carboxylic acids is 1. The van der Waals surface area contributed by atoms with Gasteiger partial charge in [-0.15, -0.1) is 0 Å². The summed E-state index contributed by atoms with van der Waals surface area (Å²) in [6.07, 6.45) is 2.45. The van der Waals surface area contributed by atoms with Crippen molar-refractivity contribution in [2.24, 2.45) is 0 Å². The van der Waals surface area contributed by atoms with Crippen molar-refractivity contribution in [3.05, 3.63) is 66.7 Å². The molecule has 3 aromatic carbocycles. The highest BCUT2D eigenvalue weighted by Gasteiger charge is 2.18. The Morgan fingerprint density at radius 2 is 1.72 bits per heavy atom. The number of nitrogens with one attached hydrogen (secondary N) is 1. The van der Waals surface area contributed by atoms with Gasteiger partial charge in [-0.2, -0.15) is 0 Å². The van der Waals surface area contributed by atoms with Gasteiger partial charge in [0.25, 0.3) is 5.91 Å². The van der Waals surface area contributed by atoms with E-state index in [4.69, 9.17) is 9.47 Å². The van der Waals surface area contributed by atoms with Gasteiger partial charge in [-0.1, -0.05) is 30.3 Å². The Morgan fingerprint density at radius 1 is 1.00 bits per heavy atom. The molecule has 1 aliphatic rings. The molecule has 1 fully saturated rings. The lowest BCUT2D eigenvalue weighted by atomic mass is 10.1. The Morgan fingerprint density at radius 3 is 2.45 bits per heavy atom. The third-order valence-electron chi connectivity index (χ3n) is 5.38. The molecule has 1 aliphatic heterocycles. The molecule has 0 radical (unpaired) electrons. The summed E-state index contributed by atoms with van der Waals surface area (Å²) in [6.45, 7) is 1.96. The van der Waals surface area contributed by atoms with Gasteiger partial charge < -0.3 is 19.7 Å². The molecule has 0 aliphatic carbocycles. The number of hydrogen-bond acceptors (Lipinski definition) is 4. The second-order valence-corrected chi connectivity index (χ2v) is 7.31. The van der Waals surface area contributed by atoms with Crippen LogP contribution in [0.15, 0.2) is 66.7 Å². The molecule has 1 amide bonds. The largest absolute Gasteiger partial charge is 0.484 e. The maximum Gasteiger partial charge on any atom is 0.262 e. The number of carbonyl (C=O) groups is 1. The highest BCUT2D eigenvalue weighted by Crippen LogP contribution is 2.23. The lowest BCUT2D eigenvalue weighted by molar-refractivity contribution is -0.118. The quantitative estimate of drug-likeness (QED) is 0.675. The van der Waals surface area contributed by atoms with Gasteiger partial charge in [0.1, 0.15) is 5.75 Å². The molecule has 1 heterocycles. The van der Waals surface area contributed by atoms with Crippen LogP contribution in [0.2, 0.25) is 0 Å². The van der Waals surface area contributed by atoms with Crippen LogP contribution in [0.5, 0.6) is 5.75 Å². The summed E-state index contributed by atoms with van der Waals surface area (Å²) in [6, 6.07) is 21.9. The number of anilines is 2. The van der Waals surface area contributed by atoms with Crippen molar-refractivity contribution in [3.8, 4) is 5.75 Å². The first kappa shape index (κ1) is 19.3. The maximum atomic E-state index is 12.2. The number of amides is 1. The fourth-order valence-electron chi connectivity index (χ4n) is 3.71. The van der Waals surface area contributed by atoms with E-state index >= 15 is 0 Å². The average molecular weight is 390 g/mol. The van der Waals surface area contributed by atoms with E-state index in [9.17, 15) is 4.79 Å². The van der Waals surface area contributed by atoms with E-state index in [1.54, 1.807) is 7.11 Å². The maximum absolute atomic E-state index is 12.2. The van der Waals surface area contributed by atoms with E-state index in [0.717, 1.165) is 42.4 Å². The molecule has 1 N–H and O–H groups in total. The van der Waals surface area contributed by atoms with Crippen LogP contribution in [0.3, 0.4) is 0 Å². The second kappa shape index (κ2) is 8.97. The van der Waals surface area contributed by atoms with Crippen molar-refractivity contribution in [3.63, 3.8) is 0 Å². The average Bonchev–Trinajstić information content (AvgIpc) is 2.78. The zero-order valence-corrected chi connectivity index (χ0v) is 16.6. The van der Waals surface area contributed by atoms with Crippen LogP contribution in [-0.4, -0.2) is 38.8 Å². The van der Waals surface area contributed by atoms with E-state index < -0.39 is 0 Å². The topological polar surface area (TPSA) is 50.8 Å². The van der Waals surface area contributed by atoms with Gasteiger partial charge >= 0.3 is 0 Å². The Bertz CT molecular complexity index is 963. The Hall–Kier alpha value is -3.05. The first-order valence-electron chi connectivity index (χ1n) is 10.0. The van der Waals surface area contributed by atoms with Crippen molar-refractivity contribution in [2.45, 2.75) is 18.9 Å². The van der Waals surface area contributed by atoms with Crippen LogP contribution in [0.1, 0.15) is 12.8 Å². The summed E-state index contributed by atoms with van der Waals surface area (Å²) < 4.78 is 11.1. The van der Waals surface area contributed by atoms with Gasteiger partial charge in [-0.25, -0.2) is 0 Å². The fraction of sp³-hybridized carbons (Fsp3) is 0.292. The summed E-state index contributed by atoms with van der Waals surface area (Å²) >= 11 is 0. The van der Waals surface area contributed by atoms with E-state index in [1.165, 1.54) is 5.69 Å². The van der Waals surface area contributed by atoms with Crippen LogP contribution in [0, 0.1) is 0 Å². The molecule has 0 bridgehead atoms. The van der Waals surface area contributed by atoms with Crippen molar-refractivity contribution in [1.29, 1.82) is 0 Å². The molecule has 4 rings (SSSR count). The number of benzene rings is 3. The van der Waals surface area contributed by atoms with Crippen LogP contribution in [0.25, 0.3) is 10.8 Å². The SMILES string of the molecule is COC1CCN(c2ccc(NC(=O)COc3ccc4ccccc4c3)cc2)CC1. The van der Waals surface area contributed by atoms with E-state index in [1.807, 2.05) is 60.7 Å². The zero-order valence-electron chi connectivity index (χ0n) is 16.6. The summed E-state index contributed by atoms with van der Waals surface area (Å²) in [4.78, 5) is 14.6. The Labute approximate surface area is 171 Å². The van der Waals surface area contributed by atoms with Crippen LogP contribution < -0.4 is 15.0 Å². The number of nitrogens with zero attached hydrogens (tertiary/aromatic N) is 1.